The lowest BCUT2D eigenvalue weighted by Gasteiger charge is -2.24. The van der Waals surface area contributed by atoms with Crippen molar-refractivity contribution in [3.63, 3.8) is 0 Å². The average Bonchev–Trinajstić information content (AvgIpc) is 2.60. The molecule has 0 saturated carbocycles. The maximum absolute atomic E-state index is 12.3. The quantitative estimate of drug-likeness (QED) is 0.775. The molecule has 3 N–H and O–H groups in total. The maximum Gasteiger partial charge on any atom is 0.239 e. The molecule has 0 aliphatic carbocycles. The fraction of sp³-hybridized carbons (Fsp3) is 0.381. The molecule has 3 heteroatoms. The molecule has 2 rings (SSSR count). The van der Waals surface area contributed by atoms with E-state index < -0.39 is 5.54 Å². The second-order valence-corrected chi connectivity index (χ2v) is 6.59. The average molecular weight is 324 g/mol. The molecule has 0 saturated heterocycles. The summed E-state index contributed by atoms with van der Waals surface area (Å²) in [4.78, 5) is 12.3. The molecule has 0 aliphatic rings. The Morgan fingerprint density at radius 3 is 2.00 bits per heavy atom. The minimum atomic E-state index is -0.788. The Kier molecular flexibility index (Phi) is 6.56. The van der Waals surface area contributed by atoms with Gasteiger partial charge in [0.1, 0.15) is 0 Å². The van der Waals surface area contributed by atoms with Crippen molar-refractivity contribution in [1.29, 1.82) is 0 Å². The van der Waals surface area contributed by atoms with Gasteiger partial charge < -0.3 is 11.1 Å². The molecule has 1 unspecified atom stereocenters. The van der Waals surface area contributed by atoms with Crippen LogP contribution in [-0.2, 0) is 4.79 Å². The Hall–Kier alpha value is -2.13. The van der Waals surface area contributed by atoms with E-state index in [1.807, 2.05) is 19.1 Å². The van der Waals surface area contributed by atoms with Crippen LogP contribution in [0.2, 0.25) is 0 Å². The second-order valence-electron chi connectivity index (χ2n) is 6.59. The van der Waals surface area contributed by atoms with Crippen molar-refractivity contribution in [2.45, 2.75) is 44.6 Å². The standard InChI is InChI=1S/C21H28N2O/c1-3-15-21(2,22)20(24)23-16-14-19(17-10-6-4-7-11-17)18-12-8-5-9-13-18/h4-13,19H,3,14-16,22H2,1-2H3,(H,23,24). The van der Waals surface area contributed by atoms with Crippen LogP contribution in [0.5, 0.6) is 0 Å². The molecule has 3 nitrogen and oxygen atoms in total. The molecule has 0 aliphatic heterocycles. The third kappa shape index (κ3) is 4.93. The normalized spacial score (nSPS) is 13.5. The molecule has 0 bridgehead atoms. The first-order valence-corrected chi connectivity index (χ1v) is 8.71. The molecule has 0 radical (unpaired) electrons. The van der Waals surface area contributed by atoms with Crippen LogP contribution in [0, 0.1) is 0 Å². The number of hydrogen-bond acceptors (Lipinski definition) is 2. The van der Waals surface area contributed by atoms with Crippen LogP contribution in [0.25, 0.3) is 0 Å². The molecule has 1 atom stereocenters. The molecule has 0 aromatic heterocycles. The zero-order valence-electron chi connectivity index (χ0n) is 14.7. The first kappa shape index (κ1) is 18.2. The van der Waals surface area contributed by atoms with Crippen LogP contribution in [0.4, 0.5) is 0 Å². The highest BCUT2D eigenvalue weighted by molar-refractivity contribution is 5.85. The van der Waals surface area contributed by atoms with Crippen molar-refractivity contribution in [2.24, 2.45) is 5.73 Å². The van der Waals surface area contributed by atoms with Crippen LogP contribution >= 0.6 is 0 Å². The molecule has 0 spiro atoms. The second kappa shape index (κ2) is 8.65. The van der Waals surface area contributed by atoms with Gasteiger partial charge in [-0.25, -0.2) is 0 Å². The molecule has 128 valence electrons. The molecule has 1 amide bonds. The lowest BCUT2D eigenvalue weighted by Crippen LogP contribution is -2.51. The van der Waals surface area contributed by atoms with E-state index in [-0.39, 0.29) is 11.8 Å². The van der Waals surface area contributed by atoms with Gasteiger partial charge in [0.2, 0.25) is 5.91 Å². The third-order valence-electron chi connectivity index (χ3n) is 4.41. The minimum Gasteiger partial charge on any atom is -0.354 e. The topological polar surface area (TPSA) is 55.1 Å². The van der Waals surface area contributed by atoms with Gasteiger partial charge in [0.05, 0.1) is 5.54 Å². The molecule has 2 aromatic rings. The number of nitrogens with two attached hydrogens (primary N) is 1. The molecular weight excluding hydrogens is 296 g/mol. The fourth-order valence-electron chi connectivity index (χ4n) is 3.06. The fourth-order valence-corrected chi connectivity index (χ4v) is 3.06. The van der Waals surface area contributed by atoms with E-state index in [0.29, 0.717) is 13.0 Å². The van der Waals surface area contributed by atoms with Gasteiger partial charge in [0, 0.05) is 12.5 Å². The Bertz CT molecular complexity index is 583. The maximum atomic E-state index is 12.3. The van der Waals surface area contributed by atoms with Gasteiger partial charge in [-0.2, -0.15) is 0 Å². The summed E-state index contributed by atoms with van der Waals surface area (Å²) >= 11 is 0. The molecule has 2 aromatic carbocycles. The van der Waals surface area contributed by atoms with Crippen LogP contribution in [0.15, 0.2) is 60.7 Å². The van der Waals surface area contributed by atoms with Gasteiger partial charge >= 0.3 is 0 Å². The lowest BCUT2D eigenvalue weighted by molar-refractivity contribution is -0.126. The number of benzene rings is 2. The zero-order chi connectivity index (χ0) is 17.4. The number of hydrogen-bond donors (Lipinski definition) is 2. The van der Waals surface area contributed by atoms with E-state index in [1.165, 1.54) is 11.1 Å². The minimum absolute atomic E-state index is 0.0655. The Morgan fingerprint density at radius 1 is 1.04 bits per heavy atom. The van der Waals surface area contributed by atoms with Crippen molar-refractivity contribution in [2.75, 3.05) is 6.54 Å². The van der Waals surface area contributed by atoms with Crippen LogP contribution < -0.4 is 11.1 Å². The van der Waals surface area contributed by atoms with Gasteiger partial charge in [-0.3, -0.25) is 4.79 Å². The highest BCUT2D eigenvalue weighted by Gasteiger charge is 2.26. The summed E-state index contributed by atoms with van der Waals surface area (Å²) in [7, 11) is 0. The Balaban J connectivity index is 2.04. The highest BCUT2D eigenvalue weighted by atomic mass is 16.2. The van der Waals surface area contributed by atoms with Crippen molar-refractivity contribution < 1.29 is 4.79 Å². The lowest BCUT2D eigenvalue weighted by atomic mass is 9.88. The van der Waals surface area contributed by atoms with E-state index in [2.05, 4.69) is 53.8 Å². The molecule has 0 fully saturated rings. The first-order chi connectivity index (χ1) is 11.5. The number of carbonyl (C=O) groups excluding carboxylic acids is 1. The van der Waals surface area contributed by atoms with Crippen molar-refractivity contribution in [1.82, 2.24) is 5.32 Å². The number of carbonyl (C=O) groups is 1. The molecular formula is C21H28N2O. The summed E-state index contributed by atoms with van der Waals surface area (Å²) in [6.07, 6.45) is 2.44. The van der Waals surface area contributed by atoms with Gasteiger partial charge in [-0.1, -0.05) is 74.0 Å². The summed E-state index contributed by atoms with van der Waals surface area (Å²) in [5.41, 5.74) is 7.84. The summed E-state index contributed by atoms with van der Waals surface area (Å²) in [6, 6.07) is 20.9. The Morgan fingerprint density at radius 2 is 1.54 bits per heavy atom. The smallest absolute Gasteiger partial charge is 0.239 e. The summed E-state index contributed by atoms with van der Waals surface area (Å²) in [6.45, 7) is 4.46. The third-order valence-corrected chi connectivity index (χ3v) is 4.41. The van der Waals surface area contributed by atoms with E-state index in [0.717, 1.165) is 12.8 Å². The van der Waals surface area contributed by atoms with E-state index in [1.54, 1.807) is 6.92 Å². The van der Waals surface area contributed by atoms with Crippen molar-refractivity contribution in [3.05, 3.63) is 71.8 Å². The van der Waals surface area contributed by atoms with Crippen LogP contribution in [-0.4, -0.2) is 18.0 Å². The largest absolute Gasteiger partial charge is 0.354 e. The van der Waals surface area contributed by atoms with E-state index in [9.17, 15) is 4.79 Å². The summed E-state index contributed by atoms with van der Waals surface area (Å²) in [5.74, 6) is 0.201. The van der Waals surface area contributed by atoms with Gasteiger partial charge in [0.25, 0.3) is 0 Å². The van der Waals surface area contributed by atoms with Gasteiger partial charge in [-0.15, -0.1) is 0 Å². The molecule has 0 heterocycles. The van der Waals surface area contributed by atoms with Crippen molar-refractivity contribution >= 4 is 5.91 Å². The SMILES string of the molecule is CCCC(C)(N)C(=O)NCCC(c1ccccc1)c1ccccc1. The Labute approximate surface area is 145 Å². The van der Waals surface area contributed by atoms with Gasteiger partial charge in [-0.05, 0) is 30.9 Å². The summed E-state index contributed by atoms with van der Waals surface area (Å²) in [5, 5.41) is 3.01. The zero-order valence-corrected chi connectivity index (χ0v) is 14.7. The number of rotatable bonds is 8. The first-order valence-electron chi connectivity index (χ1n) is 8.71. The predicted octanol–water partition coefficient (Wildman–Crippen LogP) is 3.84. The van der Waals surface area contributed by atoms with E-state index in [4.69, 9.17) is 5.73 Å². The number of amides is 1. The highest BCUT2D eigenvalue weighted by Crippen LogP contribution is 2.27. The predicted molar refractivity (Wildman–Crippen MR) is 99.9 cm³/mol. The van der Waals surface area contributed by atoms with E-state index >= 15 is 0 Å². The van der Waals surface area contributed by atoms with Gasteiger partial charge in [0.15, 0.2) is 0 Å². The molecule has 24 heavy (non-hydrogen) atoms. The number of nitrogens with one attached hydrogen (secondary N) is 1. The van der Waals surface area contributed by atoms with Crippen molar-refractivity contribution in [3.8, 4) is 0 Å². The van der Waals surface area contributed by atoms with Crippen LogP contribution in [0.3, 0.4) is 0 Å². The monoisotopic (exact) mass is 324 g/mol. The van der Waals surface area contributed by atoms with Crippen LogP contribution in [0.1, 0.15) is 50.2 Å². The summed E-state index contributed by atoms with van der Waals surface area (Å²) < 4.78 is 0.